The van der Waals surface area contributed by atoms with Gasteiger partial charge in [-0.2, -0.15) is 12.9 Å². The molecular weight excluding hydrogens is 346 g/mol. The van der Waals surface area contributed by atoms with E-state index < -0.39 is 31.3 Å². The molecule has 0 rings (SSSR count). The van der Waals surface area contributed by atoms with Gasteiger partial charge < -0.3 is 35.5 Å². The van der Waals surface area contributed by atoms with Crippen LogP contribution >= 0.6 is 31.3 Å². The quantitative estimate of drug-likeness (QED) is 0.299. The van der Waals surface area contributed by atoms with Crippen LogP contribution in [0.4, 0.5) is 0 Å². The molecule has 0 aliphatic carbocycles. The molecule has 0 aliphatic heterocycles. The van der Waals surface area contributed by atoms with E-state index in [4.69, 9.17) is 29.4 Å². The van der Waals surface area contributed by atoms with E-state index in [0.29, 0.717) is 0 Å². The SMILES string of the molecule is N.O=P(O)(O)OP(=O)(O)OP(=O)(O)OP(=O)(O)O. The van der Waals surface area contributed by atoms with Gasteiger partial charge in [-0.15, -0.1) is 0 Å². The lowest BCUT2D eigenvalue weighted by Crippen LogP contribution is -1.95. The van der Waals surface area contributed by atoms with Crippen LogP contribution in [-0.2, 0) is 31.2 Å². The Hall–Kier alpha value is 0.520. The molecular formula is H9NO13P4. The van der Waals surface area contributed by atoms with Gasteiger partial charge in [0.2, 0.25) is 0 Å². The lowest BCUT2D eigenvalue weighted by atomic mass is 14.0. The fourth-order valence-electron chi connectivity index (χ4n) is 0.429. The molecule has 18 heteroatoms. The van der Waals surface area contributed by atoms with E-state index in [2.05, 4.69) is 12.9 Å². The zero-order valence-electron chi connectivity index (χ0n) is 8.04. The summed E-state index contributed by atoms with van der Waals surface area (Å²) < 4.78 is 50.9. The Balaban J connectivity index is 0. The highest BCUT2D eigenvalue weighted by Crippen LogP contribution is 2.69. The molecule has 0 spiro atoms. The van der Waals surface area contributed by atoms with Crippen LogP contribution in [0.15, 0.2) is 0 Å². The predicted octanol–water partition coefficient (Wildman–Crippen LogP) is -0.416. The summed E-state index contributed by atoms with van der Waals surface area (Å²) in [7, 11) is -22.6. The van der Waals surface area contributed by atoms with E-state index in [1.165, 1.54) is 0 Å². The highest BCUT2D eigenvalue weighted by atomic mass is 31.3. The second kappa shape index (κ2) is 6.31. The summed E-state index contributed by atoms with van der Waals surface area (Å²) in [4.78, 5) is 49.4. The highest BCUT2D eigenvalue weighted by Gasteiger charge is 2.43. The summed E-state index contributed by atoms with van der Waals surface area (Å²) in [6.07, 6.45) is 0. The van der Waals surface area contributed by atoms with E-state index in [9.17, 15) is 18.3 Å². The van der Waals surface area contributed by atoms with Crippen LogP contribution in [-0.4, -0.2) is 29.4 Å². The molecule has 9 N–H and O–H groups in total. The summed E-state index contributed by atoms with van der Waals surface area (Å²) in [6.45, 7) is 0. The number of phosphoric acid groups is 4. The first kappa shape index (κ1) is 20.8. The Kier molecular flexibility index (Phi) is 7.31. The van der Waals surface area contributed by atoms with Gasteiger partial charge in [0.25, 0.3) is 0 Å². The summed E-state index contributed by atoms with van der Waals surface area (Å²) in [5, 5.41) is 0. The average molecular weight is 355 g/mol. The van der Waals surface area contributed by atoms with Gasteiger partial charge in [-0.25, -0.2) is 18.3 Å². The minimum atomic E-state index is -5.77. The van der Waals surface area contributed by atoms with Gasteiger partial charge in [-0.3, -0.25) is 0 Å². The van der Waals surface area contributed by atoms with Gasteiger partial charge in [0, 0.05) is 0 Å². The first-order valence-corrected chi connectivity index (χ1v) is 9.08. The van der Waals surface area contributed by atoms with Gasteiger partial charge >= 0.3 is 31.3 Å². The maximum absolute atomic E-state index is 10.7. The molecule has 112 valence electrons. The van der Waals surface area contributed by atoms with E-state index in [0.717, 1.165) is 0 Å². The summed E-state index contributed by atoms with van der Waals surface area (Å²) >= 11 is 0. The van der Waals surface area contributed by atoms with Gasteiger partial charge in [-0.05, 0) is 0 Å². The normalized spacial score (nSPS) is 19.4. The molecule has 0 radical (unpaired) electrons. The predicted molar refractivity (Wildman–Crippen MR) is 52.0 cm³/mol. The number of hydrogen-bond donors (Lipinski definition) is 7. The molecule has 0 saturated heterocycles. The zero-order chi connectivity index (χ0) is 14.1. The summed E-state index contributed by atoms with van der Waals surface area (Å²) in [6, 6.07) is 0. The van der Waals surface area contributed by atoms with Crippen LogP contribution in [0.3, 0.4) is 0 Å². The number of hydrogen-bond acceptors (Lipinski definition) is 8. The molecule has 0 aromatic carbocycles. The largest absolute Gasteiger partial charge is 0.490 e. The summed E-state index contributed by atoms with van der Waals surface area (Å²) in [5.41, 5.74) is 0. The van der Waals surface area contributed by atoms with E-state index in [1.807, 2.05) is 0 Å². The van der Waals surface area contributed by atoms with Crippen molar-refractivity contribution >= 4 is 31.3 Å². The molecule has 0 heterocycles. The van der Waals surface area contributed by atoms with Crippen molar-refractivity contribution in [3.05, 3.63) is 0 Å². The van der Waals surface area contributed by atoms with Gasteiger partial charge in [0.1, 0.15) is 0 Å². The average Bonchev–Trinajstić information content (AvgIpc) is 1.65. The Morgan fingerprint density at radius 3 is 0.944 bits per heavy atom. The highest BCUT2D eigenvalue weighted by molar-refractivity contribution is 7.69. The number of rotatable bonds is 6. The fraction of sp³-hybridized carbons (Fsp3) is 0. The molecule has 0 saturated carbocycles. The van der Waals surface area contributed by atoms with Gasteiger partial charge in [-0.1, -0.05) is 0 Å². The van der Waals surface area contributed by atoms with Crippen molar-refractivity contribution in [1.82, 2.24) is 6.15 Å². The first-order valence-electron chi connectivity index (χ1n) is 3.03. The second-order valence-corrected chi connectivity index (χ2v) is 7.96. The van der Waals surface area contributed by atoms with Crippen molar-refractivity contribution in [1.29, 1.82) is 0 Å². The molecule has 0 aliphatic rings. The Bertz CT molecular complexity index is 408. The Morgan fingerprint density at radius 1 is 0.556 bits per heavy atom. The van der Waals surface area contributed by atoms with Crippen LogP contribution in [0.25, 0.3) is 0 Å². The van der Waals surface area contributed by atoms with Gasteiger partial charge in [0.05, 0.1) is 0 Å². The lowest BCUT2D eigenvalue weighted by Gasteiger charge is -2.15. The van der Waals surface area contributed by atoms with Crippen molar-refractivity contribution in [3.8, 4) is 0 Å². The topological polar surface area (TPSA) is 252 Å². The Labute approximate surface area is 98.8 Å². The van der Waals surface area contributed by atoms with Crippen molar-refractivity contribution in [2.75, 3.05) is 0 Å². The smallest absolute Gasteiger partial charge is 0.344 e. The molecule has 0 aromatic heterocycles. The Morgan fingerprint density at radius 2 is 0.778 bits per heavy atom. The van der Waals surface area contributed by atoms with E-state index in [-0.39, 0.29) is 6.15 Å². The van der Waals surface area contributed by atoms with Crippen LogP contribution in [0, 0.1) is 0 Å². The molecule has 0 bridgehead atoms. The third-order valence-electron chi connectivity index (χ3n) is 0.625. The maximum Gasteiger partial charge on any atom is 0.490 e. The molecule has 0 amide bonds. The minimum absolute atomic E-state index is 0. The molecule has 14 nitrogen and oxygen atoms in total. The zero-order valence-corrected chi connectivity index (χ0v) is 11.6. The van der Waals surface area contributed by atoms with Crippen molar-refractivity contribution in [2.24, 2.45) is 0 Å². The molecule has 2 unspecified atom stereocenters. The van der Waals surface area contributed by atoms with Crippen molar-refractivity contribution in [2.45, 2.75) is 0 Å². The van der Waals surface area contributed by atoms with Crippen molar-refractivity contribution in [3.63, 3.8) is 0 Å². The van der Waals surface area contributed by atoms with E-state index in [1.54, 1.807) is 0 Å². The standard InChI is InChI=1S/H3N.H6O13P4/c;1-14(2,3)11-16(7,8)13-17(9,10)12-15(4,5)6/h1H3;(H,7,8)(H,9,10)(H2,1,2,3)(H2,4,5,6). The first-order chi connectivity index (χ1) is 7.12. The third-order valence-corrected chi connectivity index (χ3v) is 5.63. The molecule has 2 atom stereocenters. The van der Waals surface area contributed by atoms with Crippen LogP contribution in [0.1, 0.15) is 0 Å². The van der Waals surface area contributed by atoms with Crippen LogP contribution in [0.5, 0.6) is 0 Å². The van der Waals surface area contributed by atoms with E-state index >= 15 is 0 Å². The summed E-state index contributed by atoms with van der Waals surface area (Å²) in [5.74, 6) is 0. The monoisotopic (exact) mass is 355 g/mol. The van der Waals surface area contributed by atoms with Gasteiger partial charge in [0.15, 0.2) is 0 Å². The second-order valence-electron chi connectivity index (χ2n) is 2.16. The van der Waals surface area contributed by atoms with Crippen LogP contribution < -0.4 is 6.15 Å². The maximum atomic E-state index is 10.7. The molecule has 18 heavy (non-hydrogen) atoms. The van der Waals surface area contributed by atoms with Crippen molar-refractivity contribution < 1.29 is 60.6 Å². The molecule has 0 aromatic rings. The third kappa shape index (κ3) is 11.6. The lowest BCUT2D eigenvalue weighted by molar-refractivity contribution is 0.194. The molecule has 0 fully saturated rings. The fourth-order valence-corrected chi connectivity index (χ4v) is 4.40. The van der Waals surface area contributed by atoms with Crippen LogP contribution in [0.2, 0.25) is 0 Å². The minimum Gasteiger partial charge on any atom is -0.344 e.